The molecule has 0 aliphatic carbocycles. The van der Waals surface area contributed by atoms with Crippen LogP contribution in [0.1, 0.15) is 41.3 Å². The van der Waals surface area contributed by atoms with E-state index in [1.165, 1.54) is 12.7 Å². The number of rotatable bonds is 6. The molecule has 0 saturated heterocycles. The zero-order chi connectivity index (χ0) is 18.4. The molecule has 2 aromatic carbocycles. The molecule has 0 radical (unpaired) electrons. The number of hydrogen-bond acceptors (Lipinski definition) is 4. The van der Waals surface area contributed by atoms with Gasteiger partial charge in [-0.2, -0.15) is 0 Å². The summed E-state index contributed by atoms with van der Waals surface area (Å²) in [6.07, 6.45) is 0. The maximum atomic E-state index is 12.1. The third-order valence-electron chi connectivity index (χ3n) is 3.84. The first-order chi connectivity index (χ1) is 11.9. The van der Waals surface area contributed by atoms with Crippen molar-refractivity contribution >= 4 is 17.6 Å². The zero-order valence-electron chi connectivity index (χ0n) is 15.0. The second-order valence-electron chi connectivity index (χ2n) is 6.08. The van der Waals surface area contributed by atoms with Gasteiger partial charge in [0.25, 0.3) is 5.91 Å². The van der Waals surface area contributed by atoms with E-state index in [1.54, 1.807) is 18.2 Å². The molecule has 0 bridgehead atoms. The maximum absolute atomic E-state index is 12.1. The Hall–Kier alpha value is -2.82. The Morgan fingerprint density at radius 2 is 1.76 bits per heavy atom. The predicted octanol–water partition coefficient (Wildman–Crippen LogP) is 3.92. The molecule has 1 amide bonds. The van der Waals surface area contributed by atoms with E-state index in [2.05, 4.69) is 23.9 Å². The van der Waals surface area contributed by atoms with Crippen LogP contribution in [0.2, 0.25) is 0 Å². The normalized spacial score (nSPS) is 10.4. The van der Waals surface area contributed by atoms with Crippen LogP contribution in [0.25, 0.3) is 0 Å². The van der Waals surface area contributed by atoms with E-state index < -0.39 is 5.97 Å². The van der Waals surface area contributed by atoms with Gasteiger partial charge in [0.1, 0.15) is 5.75 Å². The monoisotopic (exact) mass is 341 g/mol. The molecule has 0 unspecified atom stereocenters. The first-order valence-electron chi connectivity index (χ1n) is 8.12. The molecule has 5 heteroatoms. The Labute approximate surface area is 148 Å². The van der Waals surface area contributed by atoms with Crippen LogP contribution in [-0.2, 0) is 9.53 Å². The first-order valence-corrected chi connectivity index (χ1v) is 8.12. The summed E-state index contributed by atoms with van der Waals surface area (Å²) in [6.45, 7) is 5.97. The first kappa shape index (κ1) is 18.5. The molecular formula is C20H23NO4. The minimum atomic E-state index is -0.408. The zero-order valence-corrected chi connectivity index (χ0v) is 15.0. The van der Waals surface area contributed by atoms with Crippen molar-refractivity contribution in [2.24, 2.45) is 0 Å². The van der Waals surface area contributed by atoms with Crippen LogP contribution in [-0.4, -0.2) is 25.6 Å². The Morgan fingerprint density at radius 1 is 1.08 bits per heavy atom. The van der Waals surface area contributed by atoms with Gasteiger partial charge in [-0.3, -0.25) is 4.79 Å². The van der Waals surface area contributed by atoms with Gasteiger partial charge < -0.3 is 14.8 Å². The van der Waals surface area contributed by atoms with Gasteiger partial charge in [-0.15, -0.1) is 0 Å². The lowest BCUT2D eigenvalue weighted by Gasteiger charge is -2.11. The molecular weight excluding hydrogens is 318 g/mol. The fraction of sp³-hybridized carbons (Fsp3) is 0.300. The van der Waals surface area contributed by atoms with E-state index in [4.69, 9.17) is 4.74 Å². The molecule has 0 fully saturated rings. The highest BCUT2D eigenvalue weighted by molar-refractivity contribution is 5.94. The number of benzene rings is 2. The molecule has 132 valence electrons. The summed E-state index contributed by atoms with van der Waals surface area (Å²) >= 11 is 0. The lowest BCUT2D eigenvalue weighted by Crippen LogP contribution is -2.20. The highest BCUT2D eigenvalue weighted by atomic mass is 16.5. The minimum Gasteiger partial charge on any atom is -0.484 e. The van der Waals surface area contributed by atoms with Crippen molar-refractivity contribution in [3.8, 4) is 5.75 Å². The number of carbonyl (C=O) groups excluding carboxylic acids is 2. The summed E-state index contributed by atoms with van der Waals surface area (Å²) in [5.41, 5.74) is 3.08. The molecule has 2 aromatic rings. The van der Waals surface area contributed by atoms with Gasteiger partial charge in [-0.25, -0.2) is 4.79 Å². The number of amides is 1. The van der Waals surface area contributed by atoms with E-state index in [0.717, 1.165) is 5.56 Å². The lowest BCUT2D eigenvalue weighted by molar-refractivity contribution is -0.118. The standard InChI is InChI=1S/C20H23NO4/c1-13(2)15-5-8-17(9-6-15)25-12-19(22)21-18-10-7-16(11-14(18)3)20(23)24-4/h5-11,13H,12H2,1-4H3,(H,21,22). The number of carbonyl (C=O) groups is 2. The van der Waals surface area contributed by atoms with Gasteiger partial charge in [-0.05, 0) is 54.3 Å². The summed E-state index contributed by atoms with van der Waals surface area (Å²) in [5.74, 6) is 0.432. The van der Waals surface area contributed by atoms with Gasteiger partial charge in [0.05, 0.1) is 12.7 Å². The van der Waals surface area contributed by atoms with Crippen molar-refractivity contribution in [3.05, 3.63) is 59.2 Å². The number of anilines is 1. The smallest absolute Gasteiger partial charge is 0.337 e. The van der Waals surface area contributed by atoms with Crippen molar-refractivity contribution in [2.75, 3.05) is 19.0 Å². The molecule has 0 atom stereocenters. The Kier molecular flexibility index (Phi) is 6.17. The highest BCUT2D eigenvalue weighted by Crippen LogP contribution is 2.19. The highest BCUT2D eigenvalue weighted by Gasteiger charge is 2.10. The second kappa shape index (κ2) is 8.33. The number of ether oxygens (including phenoxy) is 2. The van der Waals surface area contributed by atoms with E-state index in [0.29, 0.717) is 22.9 Å². The number of nitrogens with one attached hydrogen (secondary N) is 1. The molecule has 0 saturated carbocycles. The molecule has 0 aromatic heterocycles. The van der Waals surface area contributed by atoms with E-state index in [9.17, 15) is 9.59 Å². The van der Waals surface area contributed by atoms with Gasteiger partial charge in [0.2, 0.25) is 0 Å². The van der Waals surface area contributed by atoms with Crippen molar-refractivity contribution in [1.29, 1.82) is 0 Å². The van der Waals surface area contributed by atoms with Gasteiger partial charge >= 0.3 is 5.97 Å². The van der Waals surface area contributed by atoms with Gasteiger partial charge in [-0.1, -0.05) is 26.0 Å². The summed E-state index contributed by atoms with van der Waals surface area (Å²) in [5, 5.41) is 2.78. The third-order valence-corrected chi connectivity index (χ3v) is 3.84. The topological polar surface area (TPSA) is 64.6 Å². The van der Waals surface area contributed by atoms with Gasteiger partial charge in [0, 0.05) is 5.69 Å². The minimum absolute atomic E-state index is 0.0841. The Balaban J connectivity index is 1.93. The number of aryl methyl sites for hydroxylation is 1. The van der Waals surface area contributed by atoms with Crippen LogP contribution in [0.5, 0.6) is 5.75 Å². The second-order valence-corrected chi connectivity index (χ2v) is 6.08. The molecule has 0 aliphatic rings. The number of esters is 1. The van der Waals surface area contributed by atoms with Crippen LogP contribution in [0.3, 0.4) is 0 Å². The number of hydrogen-bond donors (Lipinski definition) is 1. The van der Waals surface area contributed by atoms with Crippen LogP contribution in [0.4, 0.5) is 5.69 Å². The van der Waals surface area contributed by atoms with Crippen molar-refractivity contribution in [2.45, 2.75) is 26.7 Å². The van der Waals surface area contributed by atoms with Crippen molar-refractivity contribution in [3.63, 3.8) is 0 Å². The maximum Gasteiger partial charge on any atom is 0.337 e. The molecule has 2 rings (SSSR count). The third kappa shape index (κ3) is 5.08. The average Bonchev–Trinajstić information content (AvgIpc) is 2.61. The van der Waals surface area contributed by atoms with Crippen LogP contribution >= 0.6 is 0 Å². The fourth-order valence-corrected chi connectivity index (χ4v) is 2.33. The quantitative estimate of drug-likeness (QED) is 0.809. The summed E-state index contributed by atoms with van der Waals surface area (Å²) < 4.78 is 10.2. The summed E-state index contributed by atoms with van der Waals surface area (Å²) in [7, 11) is 1.33. The predicted molar refractivity (Wildman–Crippen MR) is 97.2 cm³/mol. The van der Waals surface area contributed by atoms with Crippen LogP contribution < -0.4 is 10.1 Å². The Bertz CT molecular complexity index is 751. The van der Waals surface area contributed by atoms with Gasteiger partial charge in [0.15, 0.2) is 6.61 Å². The fourth-order valence-electron chi connectivity index (χ4n) is 2.33. The number of methoxy groups -OCH3 is 1. The van der Waals surface area contributed by atoms with E-state index >= 15 is 0 Å². The molecule has 0 spiro atoms. The molecule has 5 nitrogen and oxygen atoms in total. The molecule has 0 aliphatic heterocycles. The van der Waals surface area contributed by atoms with Crippen molar-refractivity contribution in [1.82, 2.24) is 0 Å². The van der Waals surface area contributed by atoms with E-state index in [1.807, 2.05) is 31.2 Å². The van der Waals surface area contributed by atoms with Crippen molar-refractivity contribution < 1.29 is 19.1 Å². The average molecular weight is 341 g/mol. The summed E-state index contributed by atoms with van der Waals surface area (Å²) in [4.78, 5) is 23.6. The lowest BCUT2D eigenvalue weighted by atomic mass is 10.0. The SMILES string of the molecule is COC(=O)c1ccc(NC(=O)COc2ccc(C(C)C)cc2)c(C)c1. The van der Waals surface area contributed by atoms with E-state index in [-0.39, 0.29) is 12.5 Å². The Morgan fingerprint density at radius 3 is 2.32 bits per heavy atom. The molecule has 1 N–H and O–H groups in total. The molecule has 25 heavy (non-hydrogen) atoms. The largest absolute Gasteiger partial charge is 0.484 e. The van der Waals surface area contributed by atoms with Crippen LogP contribution in [0.15, 0.2) is 42.5 Å². The van der Waals surface area contributed by atoms with Crippen LogP contribution in [0, 0.1) is 6.92 Å². The molecule has 0 heterocycles. The summed E-state index contributed by atoms with van der Waals surface area (Å²) in [6, 6.07) is 12.7.